The molecule has 4 heteroatoms. The molecule has 1 spiro atoms. The van der Waals surface area contributed by atoms with Crippen LogP contribution in [-0.2, 0) is 10.8 Å². The number of para-hydroxylation sites is 2. The number of hydrogen-bond donors (Lipinski definition) is 0. The number of fused-ring (bicyclic) bond motifs is 13. The predicted octanol–water partition coefficient (Wildman–Crippen LogP) is 11.8. The average molecular weight is 905 g/mol. The fourth-order valence-corrected chi connectivity index (χ4v) is 18.6. The van der Waals surface area contributed by atoms with Crippen molar-refractivity contribution in [2.24, 2.45) is 0 Å². The minimum absolute atomic E-state index is 0.00430. The van der Waals surface area contributed by atoms with Crippen LogP contribution in [0.15, 0.2) is 194 Å². The normalized spacial score (nSPS) is 14.5. The third-order valence-corrected chi connectivity index (χ3v) is 21.0. The summed E-state index contributed by atoms with van der Waals surface area (Å²) in [7, 11) is -2.84. The Morgan fingerprint density at radius 2 is 0.899 bits per heavy atom. The molecule has 4 aliphatic heterocycles. The van der Waals surface area contributed by atoms with Crippen LogP contribution < -0.4 is 46.9 Å². The van der Waals surface area contributed by atoms with Gasteiger partial charge in [0, 0.05) is 34.4 Å². The molecule has 4 heterocycles. The van der Waals surface area contributed by atoms with Gasteiger partial charge in [0.05, 0.1) is 5.69 Å². The topological polar surface area (TPSA) is 6.48 Å². The summed E-state index contributed by atoms with van der Waals surface area (Å²) in [4.78, 5) is 5.40. The number of rotatable bonds is 4. The van der Waals surface area contributed by atoms with Crippen molar-refractivity contribution in [3.8, 4) is 11.1 Å². The molecule has 0 saturated heterocycles. The fraction of sp³-hybridized carbons (Fsp3) is 0.169. The molecule has 0 bridgehead atoms. The summed E-state index contributed by atoms with van der Waals surface area (Å²) >= 11 is 0. The zero-order chi connectivity index (χ0) is 47.1. The Labute approximate surface area is 410 Å². The van der Waals surface area contributed by atoms with Crippen LogP contribution in [0.1, 0.15) is 86.4 Å². The summed E-state index contributed by atoms with van der Waals surface area (Å²) in [5.74, 6) is -0.00430. The number of benzene rings is 9. The van der Waals surface area contributed by atoms with E-state index < -0.39 is 8.07 Å². The number of anilines is 6. The predicted molar refractivity (Wildman–Crippen MR) is 297 cm³/mol. The van der Waals surface area contributed by atoms with Gasteiger partial charge in [0.1, 0.15) is 0 Å². The van der Waals surface area contributed by atoms with Crippen LogP contribution in [0.2, 0.25) is 0 Å². The van der Waals surface area contributed by atoms with Crippen molar-refractivity contribution < 1.29 is 0 Å². The molecule has 0 atom stereocenters. The molecule has 0 saturated carbocycles. The van der Waals surface area contributed by atoms with Crippen LogP contribution >= 0.6 is 0 Å². The number of nitrogens with zero attached hydrogens (tertiary/aromatic N) is 2. The van der Waals surface area contributed by atoms with Crippen LogP contribution in [0.5, 0.6) is 0 Å². The Kier molecular flexibility index (Phi) is 9.09. The molecular formula is C65H57BN2Si. The largest absolute Gasteiger partial charge is 0.312 e. The van der Waals surface area contributed by atoms with Crippen LogP contribution in [0, 0.1) is 13.8 Å². The van der Waals surface area contributed by atoms with Gasteiger partial charge in [-0.1, -0.05) is 211 Å². The summed E-state index contributed by atoms with van der Waals surface area (Å²) < 4.78 is 0. The maximum absolute atomic E-state index is 2.84. The Morgan fingerprint density at radius 3 is 1.48 bits per heavy atom. The second-order valence-electron chi connectivity index (χ2n) is 22.2. The SMILES string of the molecule is Cc1cc(C(C)(C)C)cc(C)c1N1c2ccc(C(C)(C)C)cc2B2c3cccc4c3N(c3ccccc3[Si]43c4ccccc4-c4ccccc43)c3cc(C(c4ccccc4)c4ccccc4)cc1c32. The third kappa shape index (κ3) is 5.91. The first-order chi connectivity index (χ1) is 33.4. The van der Waals surface area contributed by atoms with Gasteiger partial charge in [0.15, 0.2) is 8.07 Å². The lowest BCUT2D eigenvalue weighted by Crippen LogP contribution is -2.77. The van der Waals surface area contributed by atoms with E-state index in [4.69, 9.17) is 0 Å². The van der Waals surface area contributed by atoms with Gasteiger partial charge in [0.25, 0.3) is 6.71 Å². The van der Waals surface area contributed by atoms with E-state index in [2.05, 4.69) is 259 Å². The van der Waals surface area contributed by atoms with E-state index in [1.807, 2.05) is 0 Å². The first kappa shape index (κ1) is 42.0. The minimum Gasteiger partial charge on any atom is -0.312 e. The zero-order valence-electron chi connectivity index (χ0n) is 41.0. The van der Waals surface area contributed by atoms with E-state index in [0.29, 0.717) is 0 Å². The van der Waals surface area contributed by atoms with Crippen molar-refractivity contribution in [3.05, 3.63) is 233 Å². The molecule has 9 aromatic rings. The highest BCUT2D eigenvalue weighted by Crippen LogP contribution is 2.50. The molecule has 0 amide bonds. The van der Waals surface area contributed by atoms with Gasteiger partial charge in [0.2, 0.25) is 0 Å². The number of hydrogen-bond acceptors (Lipinski definition) is 2. The highest BCUT2D eigenvalue weighted by molar-refractivity contribution is 7.24. The first-order valence-corrected chi connectivity index (χ1v) is 26.9. The molecule has 0 aromatic heterocycles. The molecular weight excluding hydrogens is 848 g/mol. The van der Waals surface area contributed by atoms with Crippen molar-refractivity contribution in [1.29, 1.82) is 0 Å². The van der Waals surface area contributed by atoms with Crippen molar-refractivity contribution in [2.75, 3.05) is 9.80 Å². The van der Waals surface area contributed by atoms with Crippen molar-refractivity contribution in [1.82, 2.24) is 0 Å². The quantitative estimate of drug-likeness (QED) is 0.128. The van der Waals surface area contributed by atoms with E-state index in [0.717, 1.165) is 0 Å². The van der Waals surface area contributed by atoms with Gasteiger partial charge in [-0.25, -0.2) is 0 Å². The van der Waals surface area contributed by atoms with E-state index in [9.17, 15) is 0 Å². The summed E-state index contributed by atoms with van der Waals surface area (Å²) in [5.41, 5.74) is 23.8. The smallest absolute Gasteiger partial charge is 0.252 e. The van der Waals surface area contributed by atoms with Crippen molar-refractivity contribution in [2.45, 2.75) is 72.1 Å². The highest BCUT2D eigenvalue weighted by Gasteiger charge is 2.57. The zero-order valence-corrected chi connectivity index (χ0v) is 42.0. The summed E-state index contributed by atoms with van der Waals surface area (Å²) in [6, 6.07) is 75.5. The molecule has 0 fully saturated rings. The lowest BCUT2D eigenvalue weighted by Gasteiger charge is -2.50. The molecule has 0 unspecified atom stereocenters. The lowest BCUT2D eigenvalue weighted by molar-refractivity contribution is 0.589. The maximum atomic E-state index is 2.73. The van der Waals surface area contributed by atoms with Gasteiger partial charge < -0.3 is 9.80 Å². The first-order valence-electron chi connectivity index (χ1n) is 24.9. The van der Waals surface area contributed by atoms with E-state index in [-0.39, 0.29) is 23.5 Å². The molecule has 334 valence electrons. The Balaban J connectivity index is 1.20. The molecule has 0 N–H and O–H groups in total. The number of aryl methyl sites for hydroxylation is 2. The van der Waals surface area contributed by atoms with Gasteiger partial charge in [-0.2, -0.15) is 0 Å². The Hall–Kier alpha value is -7.14. The Bertz CT molecular complexity index is 3470. The molecule has 13 rings (SSSR count). The highest BCUT2D eigenvalue weighted by atomic mass is 28.3. The summed E-state index contributed by atoms with van der Waals surface area (Å²) in [5, 5.41) is 5.93. The molecule has 0 aliphatic carbocycles. The van der Waals surface area contributed by atoms with E-state index in [1.165, 1.54) is 121 Å². The monoisotopic (exact) mass is 904 g/mol. The van der Waals surface area contributed by atoms with Gasteiger partial charge >= 0.3 is 0 Å². The average Bonchev–Trinajstić information content (AvgIpc) is 3.64. The van der Waals surface area contributed by atoms with Crippen LogP contribution in [0.4, 0.5) is 34.1 Å². The fourth-order valence-electron chi connectivity index (χ4n) is 13.1. The van der Waals surface area contributed by atoms with Crippen molar-refractivity contribution in [3.63, 3.8) is 0 Å². The second-order valence-corrected chi connectivity index (χ2v) is 25.8. The van der Waals surface area contributed by atoms with Crippen LogP contribution in [-0.4, -0.2) is 14.8 Å². The van der Waals surface area contributed by atoms with E-state index in [1.54, 1.807) is 0 Å². The summed E-state index contributed by atoms with van der Waals surface area (Å²) in [6.45, 7) is 18.8. The second kappa shape index (κ2) is 14.9. The molecule has 2 nitrogen and oxygen atoms in total. The summed E-state index contributed by atoms with van der Waals surface area (Å²) in [6.07, 6.45) is 0. The van der Waals surface area contributed by atoms with Crippen LogP contribution in [0.3, 0.4) is 0 Å². The molecule has 69 heavy (non-hydrogen) atoms. The molecule has 0 radical (unpaired) electrons. The van der Waals surface area contributed by atoms with E-state index >= 15 is 0 Å². The molecule has 4 aliphatic rings. The van der Waals surface area contributed by atoms with Gasteiger partial charge in [-0.3, -0.25) is 0 Å². The Morgan fingerprint density at radius 1 is 0.391 bits per heavy atom. The third-order valence-electron chi connectivity index (χ3n) is 16.1. The lowest BCUT2D eigenvalue weighted by atomic mass is 9.33. The van der Waals surface area contributed by atoms with Crippen LogP contribution in [0.25, 0.3) is 11.1 Å². The molecule has 9 aromatic carbocycles. The van der Waals surface area contributed by atoms with Gasteiger partial charge in [-0.05, 0) is 136 Å². The van der Waals surface area contributed by atoms with Gasteiger partial charge in [-0.15, -0.1) is 0 Å². The minimum atomic E-state index is -2.84. The standard InChI is InChI=1S/C65H57BN2Si/c1-41-36-47(65(6,7)8)37-42(2)62(41)67-52-35-34-46(64(3,4)5)40-51(52)66-50-28-21-33-59-63(50)68(53-29-17-20-32-58(53)69(59)56-30-18-15-26-48(56)49-27-16-19-31-57(49)69)55-39-45(38-54(67)61(55)66)60(43-22-11-9-12-23-43)44-24-13-10-14-25-44/h9-40,60H,1-8H3. The maximum Gasteiger partial charge on any atom is 0.252 e. The van der Waals surface area contributed by atoms with Crippen molar-refractivity contribution >= 4 is 86.0 Å².